The molecule has 2 heterocycles. The summed E-state index contributed by atoms with van der Waals surface area (Å²) in [5, 5.41) is 3.20. The van der Waals surface area contributed by atoms with Crippen LogP contribution in [0, 0.1) is 0 Å². The highest BCUT2D eigenvalue weighted by Crippen LogP contribution is 2.35. The van der Waals surface area contributed by atoms with E-state index in [4.69, 9.17) is 5.73 Å². The summed E-state index contributed by atoms with van der Waals surface area (Å²) in [5.41, 5.74) is 15.2. The Morgan fingerprint density at radius 2 is 2.20 bits per heavy atom. The third kappa shape index (κ3) is 1.06. The standard InChI is InChI=1S/C10H10N4O/c11-6-1-7-9-5(3-12-8(9)2-6)4-13-14-10(7)15/h1-2,4,12-13H,3,11H2,(H,14,15). The maximum atomic E-state index is 11.7. The molecule has 5 heteroatoms. The number of hydrazine groups is 1. The molecule has 1 amide bonds. The normalized spacial score (nSPS) is 16.8. The summed E-state index contributed by atoms with van der Waals surface area (Å²) in [4.78, 5) is 11.7. The second kappa shape index (κ2) is 2.66. The first-order valence-corrected chi connectivity index (χ1v) is 4.68. The van der Waals surface area contributed by atoms with Crippen molar-refractivity contribution in [3.63, 3.8) is 0 Å². The van der Waals surface area contributed by atoms with Crippen molar-refractivity contribution in [2.75, 3.05) is 17.6 Å². The molecule has 0 aliphatic carbocycles. The van der Waals surface area contributed by atoms with Crippen LogP contribution in [0.3, 0.4) is 0 Å². The predicted octanol–water partition coefficient (Wildman–Crippen LogP) is 0.283. The number of rotatable bonds is 0. The molecule has 2 aliphatic rings. The number of anilines is 2. The van der Waals surface area contributed by atoms with Crippen LogP contribution in [0.2, 0.25) is 0 Å². The number of hydrogen-bond acceptors (Lipinski definition) is 4. The fourth-order valence-electron chi connectivity index (χ4n) is 1.99. The fourth-order valence-corrected chi connectivity index (χ4v) is 1.99. The smallest absolute Gasteiger partial charge is 0.270 e. The Morgan fingerprint density at radius 3 is 3.07 bits per heavy atom. The summed E-state index contributed by atoms with van der Waals surface area (Å²) in [6, 6.07) is 3.54. The zero-order valence-electron chi connectivity index (χ0n) is 7.92. The van der Waals surface area contributed by atoms with Gasteiger partial charge < -0.3 is 16.5 Å². The topological polar surface area (TPSA) is 79.2 Å². The summed E-state index contributed by atoms with van der Waals surface area (Å²) in [6.07, 6.45) is 1.80. The van der Waals surface area contributed by atoms with Crippen LogP contribution in [-0.2, 0) is 0 Å². The highest BCUT2D eigenvalue weighted by molar-refractivity contribution is 6.05. The van der Waals surface area contributed by atoms with E-state index in [1.165, 1.54) is 0 Å². The summed E-state index contributed by atoms with van der Waals surface area (Å²) in [7, 11) is 0. The Morgan fingerprint density at radius 1 is 1.33 bits per heavy atom. The van der Waals surface area contributed by atoms with E-state index in [2.05, 4.69) is 16.2 Å². The molecule has 5 N–H and O–H groups in total. The minimum absolute atomic E-state index is 0.159. The summed E-state index contributed by atoms with van der Waals surface area (Å²) in [5.74, 6) is -0.159. The number of hydrogen-bond donors (Lipinski definition) is 4. The average Bonchev–Trinajstić information content (AvgIpc) is 2.52. The number of amides is 1. The first-order valence-electron chi connectivity index (χ1n) is 4.68. The molecule has 3 rings (SSSR count). The first-order chi connectivity index (χ1) is 7.25. The van der Waals surface area contributed by atoms with Crippen molar-refractivity contribution >= 4 is 22.9 Å². The third-order valence-corrected chi connectivity index (χ3v) is 2.63. The molecule has 0 fully saturated rings. The lowest BCUT2D eigenvalue weighted by atomic mass is 10.0. The lowest BCUT2D eigenvalue weighted by Gasteiger charge is -2.07. The first kappa shape index (κ1) is 8.16. The van der Waals surface area contributed by atoms with E-state index in [0.717, 1.165) is 16.8 Å². The SMILES string of the molecule is Nc1cc2c3c(c1)C(=O)NNC=C3CN2. The Balaban J connectivity index is 2.33. The molecule has 0 radical (unpaired) electrons. The molecular formula is C10H10N4O. The van der Waals surface area contributed by atoms with E-state index in [1.54, 1.807) is 12.3 Å². The van der Waals surface area contributed by atoms with Gasteiger partial charge in [0.25, 0.3) is 5.91 Å². The molecule has 76 valence electrons. The van der Waals surface area contributed by atoms with Crippen molar-refractivity contribution in [1.82, 2.24) is 10.9 Å². The Kier molecular flexibility index (Phi) is 1.45. The monoisotopic (exact) mass is 202 g/mol. The molecule has 15 heavy (non-hydrogen) atoms. The fraction of sp³-hybridized carbons (Fsp3) is 0.100. The predicted molar refractivity (Wildman–Crippen MR) is 57.9 cm³/mol. The second-order valence-electron chi connectivity index (χ2n) is 3.61. The third-order valence-electron chi connectivity index (χ3n) is 2.63. The van der Waals surface area contributed by atoms with Gasteiger partial charge in [-0.15, -0.1) is 0 Å². The van der Waals surface area contributed by atoms with Crippen molar-refractivity contribution in [3.05, 3.63) is 29.5 Å². The van der Waals surface area contributed by atoms with Gasteiger partial charge in [0, 0.05) is 29.7 Å². The number of nitrogens with one attached hydrogen (secondary N) is 3. The number of nitrogens with two attached hydrogens (primary N) is 1. The van der Waals surface area contributed by atoms with Crippen LogP contribution in [0.15, 0.2) is 18.3 Å². The Labute approximate surface area is 86.3 Å². The number of nitrogen functional groups attached to an aromatic ring is 1. The minimum atomic E-state index is -0.159. The van der Waals surface area contributed by atoms with Crippen LogP contribution >= 0.6 is 0 Å². The molecule has 0 spiro atoms. The van der Waals surface area contributed by atoms with Gasteiger partial charge >= 0.3 is 0 Å². The van der Waals surface area contributed by atoms with E-state index in [-0.39, 0.29) is 5.91 Å². The maximum Gasteiger partial charge on any atom is 0.270 e. The number of carbonyl (C=O) groups is 1. The molecule has 0 unspecified atom stereocenters. The molecule has 0 saturated carbocycles. The molecule has 2 aliphatic heterocycles. The van der Waals surface area contributed by atoms with Gasteiger partial charge in [-0.05, 0) is 17.7 Å². The largest absolute Gasteiger partial charge is 0.399 e. The van der Waals surface area contributed by atoms with E-state index in [9.17, 15) is 4.79 Å². The quantitative estimate of drug-likeness (QED) is 0.456. The van der Waals surface area contributed by atoms with Gasteiger partial charge in [-0.25, -0.2) is 0 Å². The molecule has 0 aromatic heterocycles. The second-order valence-corrected chi connectivity index (χ2v) is 3.61. The van der Waals surface area contributed by atoms with Gasteiger partial charge in [0.2, 0.25) is 0 Å². The lowest BCUT2D eigenvalue weighted by molar-refractivity contribution is 0.0942. The van der Waals surface area contributed by atoms with Crippen molar-refractivity contribution in [3.8, 4) is 0 Å². The van der Waals surface area contributed by atoms with Crippen molar-refractivity contribution < 1.29 is 4.79 Å². The average molecular weight is 202 g/mol. The maximum absolute atomic E-state index is 11.7. The molecule has 5 nitrogen and oxygen atoms in total. The number of carbonyl (C=O) groups excluding carboxylic acids is 1. The Bertz CT molecular complexity index is 492. The van der Waals surface area contributed by atoms with Crippen LogP contribution in [-0.4, -0.2) is 12.5 Å². The molecule has 0 bridgehead atoms. The lowest BCUT2D eigenvalue weighted by Crippen LogP contribution is -2.32. The van der Waals surface area contributed by atoms with Crippen LogP contribution in [0.5, 0.6) is 0 Å². The van der Waals surface area contributed by atoms with E-state index >= 15 is 0 Å². The van der Waals surface area contributed by atoms with Crippen LogP contribution in [0.25, 0.3) is 5.57 Å². The van der Waals surface area contributed by atoms with Gasteiger partial charge in [0.05, 0.1) is 5.56 Å². The van der Waals surface area contributed by atoms with E-state index < -0.39 is 0 Å². The van der Waals surface area contributed by atoms with Gasteiger partial charge in [0.1, 0.15) is 0 Å². The minimum Gasteiger partial charge on any atom is -0.399 e. The zero-order chi connectivity index (χ0) is 10.4. The van der Waals surface area contributed by atoms with Gasteiger partial charge in [0.15, 0.2) is 0 Å². The van der Waals surface area contributed by atoms with E-state index in [0.29, 0.717) is 17.8 Å². The highest BCUT2D eigenvalue weighted by Gasteiger charge is 2.25. The molecule has 0 atom stereocenters. The van der Waals surface area contributed by atoms with Crippen LogP contribution in [0.1, 0.15) is 15.9 Å². The van der Waals surface area contributed by atoms with Crippen molar-refractivity contribution in [2.24, 2.45) is 0 Å². The zero-order valence-corrected chi connectivity index (χ0v) is 7.92. The number of benzene rings is 1. The van der Waals surface area contributed by atoms with E-state index in [1.807, 2.05) is 6.07 Å². The molecular weight excluding hydrogens is 192 g/mol. The van der Waals surface area contributed by atoms with Gasteiger partial charge in [-0.1, -0.05) is 0 Å². The summed E-state index contributed by atoms with van der Waals surface area (Å²) in [6.45, 7) is 0.716. The molecule has 1 aromatic rings. The molecule has 0 saturated heterocycles. The Hall–Kier alpha value is -2.17. The van der Waals surface area contributed by atoms with Gasteiger partial charge in [-0.2, -0.15) is 0 Å². The van der Waals surface area contributed by atoms with Crippen LogP contribution < -0.4 is 21.9 Å². The van der Waals surface area contributed by atoms with Gasteiger partial charge in [-0.3, -0.25) is 10.2 Å². The summed E-state index contributed by atoms with van der Waals surface area (Å²) < 4.78 is 0. The van der Waals surface area contributed by atoms with Crippen LogP contribution in [0.4, 0.5) is 11.4 Å². The summed E-state index contributed by atoms with van der Waals surface area (Å²) >= 11 is 0. The van der Waals surface area contributed by atoms with Crippen molar-refractivity contribution in [2.45, 2.75) is 0 Å². The molecule has 1 aromatic carbocycles. The highest BCUT2D eigenvalue weighted by atomic mass is 16.2. The van der Waals surface area contributed by atoms with Crippen molar-refractivity contribution in [1.29, 1.82) is 0 Å².